The monoisotopic (exact) mass is 719 g/mol. The molecule has 0 amide bonds. The Labute approximate surface area is 317 Å². The van der Waals surface area contributed by atoms with Crippen molar-refractivity contribution in [1.82, 2.24) is 9.97 Å². The lowest BCUT2D eigenvalue weighted by atomic mass is 9.91. The molecule has 3 aromatic heterocycles. The van der Waals surface area contributed by atoms with Crippen LogP contribution < -0.4 is 0 Å². The second kappa shape index (κ2) is 11.1. The highest BCUT2D eigenvalue weighted by Gasteiger charge is 2.21. The fourth-order valence-corrected chi connectivity index (χ4v) is 10.7. The van der Waals surface area contributed by atoms with E-state index in [4.69, 9.17) is 9.97 Å². The average Bonchev–Trinajstić information content (AvgIpc) is 3.92. The number of nitriles is 1. The van der Waals surface area contributed by atoms with Gasteiger partial charge in [0, 0.05) is 9.75 Å². The van der Waals surface area contributed by atoms with E-state index < -0.39 is 0 Å². The first-order valence-electron chi connectivity index (χ1n) is 17.9. The van der Waals surface area contributed by atoms with Crippen LogP contribution >= 0.6 is 22.7 Å². The van der Waals surface area contributed by atoms with Crippen molar-refractivity contribution in [2.24, 2.45) is 0 Å². The topological polar surface area (TPSA) is 49.6 Å². The van der Waals surface area contributed by atoms with Gasteiger partial charge in [0.05, 0.1) is 32.4 Å². The predicted molar refractivity (Wildman–Crippen MR) is 229 cm³/mol. The van der Waals surface area contributed by atoms with Crippen LogP contribution in [-0.2, 0) is 0 Å². The van der Waals surface area contributed by atoms with Crippen LogP contribution in [0.4, 0.5) is 0 Å². The zero-order chi connectivity index (χ0) is 35.5. The highest BCUT2D eigenvalue weighted by atomic mass is 32.1. The molecule has 0 aliphatic heterocycles. The maximum absolute atomic E-state index is 9.72. The fourth-order valence-electron chi connectivity index (χ4n) is 8.59. The maximum atomic E-state index is 9.72. The molecular formula is C49H25N3S2. The van der Waals surface area contributed by atoms with Gasteiger partial charge in [0.1, 0.15) is 11.4 Å². The van der Waals surface area contributed by atoms with Crippen LogP contribution in [0.25, 0.3) is 118 Å². The summed E-state index contributed by atoms with van der Waals surface area (Å²) >= 11 is 3.50. The molecule has 9 aromatic carbocycles. The van der Waals surface area contributed by atoms with E-state index in [2.05, 4.69) is 140 Å². The highest BCUT2D eigenvalue weighted by Crippen LogP contribution is 2.46. The number of benzene rings is 9. The van der Waals surface area contributed by atoms with Crippen LogP contribution in [0.15, 0.2) is 152 Å². The van der Waals surface area contributed by atoms with Crippen molar-refractivity contribution in [3.8, 4) is 48.1 Å². The molecule has 0 unspecified atom stereocenters. The fraction of sp³-hybridized carbons (Fsp3) is 0. The van der Waals surface area contributed by atoms with Crippen molar-refractivity contribution in [2.75, 3.05) is 0 Å². The zero-order valence-corrected chi connectivity index (χ0v) is 30.2. The lowest BCUT2D eigenvalue weighted by Gasteiger charge is -2.13. The molecule has 0 aliphatic carbocycles. The number of nitrogens with zero attached hydrogens (tertiary/aromatic N) is 3. The molecule has 248 valence electrons. The third-order valence-electron chi connectivity index (χ3n) is 11.1. The molecule has 0 fully saturated rings. The Bertz CT molecular complexity index is 3500. The van der Waals surface area contributed by atoms with E-state index in [1.807, 2.05) is 18.2 Å². The van der Waals surface area contributed by atoms with Gasteiger partial charge in [-0.2, -0.15) is 5.26 Å². The number of hydrogen-bond donors (Lipinski definition) is 0. The number of rotatable bonds is 4. The second-order valence-corrected chi connectivity index (χ2v) is 16.2. The van der Waals surface area contributed by atoms with Gasteiger partial charge in [-0.25, -0.2) is 9.97 Å². The SMILES string of the molecule is N#Cc1ccc2nc(-c3ccc(-c4ccc5ccc6cccc7ccc4c5c67)s3)c(-c3ccc(-c4ccc5ccc6cccc7ccc4c5c67)s3)nc2c1. The Morgan fingerprint density at radius 2 is 0.815 bits per heavy atom. The lowest BCUT2D eigenvalue weighted by Crippen LogP contribution is -1.93. The van der Waals surface area contributed by atoms with E-state index in [-0.39, 0.29) is 0 Å². The Hall–Kier alpha value is -6.71. The molecule has 0 aliphatic rings. The maximum Gasteiger partial charge on any atom is 0.108 e. The summed E-state index contributed by atoms with van der Waals surface area (Å²) in [6.45, 7) is 0. The minimum Gasteiger partial charge on any atom is -0.243 e. The van der Waals surface area contributed by atoms with Crippen molar-refractivity contribution in [1.29, 1.82) is 5.26 Å². The van der Waals surface area contributed by atoms with Crippen molar-refractivity contribution in [3.05, 3.63) is 157 Å². The van der Waals surface area contributed by atoms with E-state index in [1.165, 1.54) is 85.5 Å². The molecule has 3 heterocycles. The van der Waals surface area contributed by atoms with Gasteiger partial charge >= 0.3 is 0 Å². The normalized spacial score (nSPS) is 12.1. The van der Waals surface area contributed by atoms with Crippen LogP contribution in [0.1, 0.15) is 5.56 Å². The first-order chi connectivity index (χ1) is 26.7. The molecule has 12 aromatic rings. The molecule has 5 heteroatoms. The van der Waals surface area contributed by atoms with Gasteiger partial charge in [0.15, 0.2) is 0 Å². The van der Waals surface area contributed by atoms with Crippen molar-refractivity contribution in [3.63, 3.8) is 0 Å². The largest absolute Gasteiger partial charge is 0.243 e. The number of hydrogen-bond acceptors (Lipinski definition) is 5. The van der Waals surface area contributed by atoms with Gasteiger partial charge in [0.25, 0.3) is 0 Å². The molecule has 0 bridgehead atoms. The Kier molecular flexibility index (Phi) is 6.16. The van der Waals surface area contributed by atoms with E-state index in [0.717, 1.165) is 26.7 Å². The van der Waals surface area contributed by atoms with Crippen LogP contribution in [-0.4, -0.2) is 9.97 Å². The van der Waals surface area contributed by atoms with Crippen LogP contribution in [0.5, 0.6) is 0 Å². The molecule has 12 rings (SSSR count). The summed E-state index contributed by atoms with van der Waals surface area (Å²) in [5, 5.41) is 25.1. The molecule has 54 heavy (non-hydrogen) atoms. The summed E-state index contributed by atoms with van der Waals surface area (Å²) in [7, 11) is 0. The Balaban J connectivity index is 1.03. The van der Waals surface area contributed by atoms with Gasteiger partial charge in [-0.05, 0) is 118 Å². The first-order valence-corrected chi connectivity index (χ1v) is 19.6. The molecule has 3 nitrogen and oxygen atoms in total. The van der Waals surface area contributed by atoms with Gasteiger partial charge in [0.2, 0.25) is 0 Å². The van der Waals surface area contributed by atoms with Crippen LogP contribution in [0.3, 0.4) is 0 Å². The minimum absolute atomic E-state index is 0.573. The van der Waals surface area contributed by atoms with Gasteiger partial charge in [-0.3, -0.25) is 0 Å². The third-order valence-corrected chi connectivity index (χ3v) is 13.3. The van der Waals surface area contributed by atoms with Gasteiger partial charge in [-0.15, -0.1) is 22.7 Å². The molecule has 0 N–H and O–H groups in total. The molecule has 0 atom stereocenters. The van der Waals surface area contributed by atoms with Gasteiger partial charge in [-0.1, -0.05) is 109 Å². The third kappa shape index (κ3) is 4.27. The highest BCUT2D eigenvalue weighted by molar-refractivity contribution is 7.20. The van der Waals surface area contributed by atoms with E-state index >= 15 is 0 Å². The molecule has 0 saturated carbocycles. The molecule has 0 saturated heterocycles. The van der Waals surface area contributed by atoms with E-state index in [1.54, 1.807) is 22.7 Å². The minimum atomic E-state index is 0.573. The number of aromatic nitrogens is 2. The van der Waals surface area contributed by atoms with Gasteiger partial charge < -0.3 is 0 Å². The predicted octanol–water partition coefficient (Wildman–Crippen LogP) is 14.1. The molecular weight excluding hydrogens is 695 g/mol. The summed E-state index contributed by atoms with van der Waals surface area (Å²) in [4.78, 5) is 15.0. The van der Waals surface area contributed by atoms with Crippen molar-refractivity contribution >= 4 is 98.3 Å². The first kappa shape index (κ1) is 29.8. The summed E-state index contributed by atoms with van der Waals surface area (Å²) in [6, 6.07) is 56.8. The van der Waals surface area contributed by atoms with Crippen molar-refractivity contribution < 1.29 is 0 Å². The number of fused-ring (bicyclic) bond motifs is 1. The average molecular weight is 720 g/mol. The lowest BCUT2D eigenvalue weighted by molar-refractivity contribution is 1.31. The van der Waals surface area contributed by atoms with Crippen LogP contribution in [0, 0.1) is 11.3 Å². The van der Waals surface area contributed by atoms with E-state index in [9.17, 15) is 5.26 Å². The Morgan fingerprint density at radius 1 is 0.389 bits per heavy atom. The summed E-state index contributed by atoms with van der Waals surface area (Å²) in [5.41, 5.74) is 6.18. The zero-order valence-electron chi connectivity index (χ0n) is 28.6. The number of thiophene rings is 2. The van der Waals surface area contributed by atoms with Crippen molar-refractivity contribution in [2.45, 2.75) is 0 Å². The molecule has 0 spiro atoms. The van der Waals surface area contributed by atoms with E-state index in [0.29, 0.717) is 11.1 Å². The summed E-state index contributed by atoms with van der Waals surface area (Å²) < 4.78 is 0. The van der Waals surface area contributed by atoms with Crippen LogP contribution in [0.2, 0.25) is 0 Å². The summed E-state index contributed by atoms with van der Waals surface area (Å²) in [6.07, 6.45) is 0. The smallest absolute Gasteiger partial charge is 0.108 e. The molecule has 0 radical (unpaired) electrons. The second-order valence-electron chi connectivity index (χ2n) is 14.0. The standard InChI is InChI=1S/C49H25N3S2/c50-26-27-7-20-38-39(25-27)52-49(43-24-22-41(54-43)35-17-13-33-11-9-29-4-2-6-31-15-19-37(35)47(33)45(29)31)48(51-38)42-23-21-40(53-42)34-16-12-32-10-8-28-3-1-5-30-14-18-36(34)46(32)44(28)30/h1-25H. The quantitative estimate of drug-likeness (QED) is 0.170. The Morgan fingerprint density at radius 3 is 1.31 bits per heavy atom. The summed E-state index contributed by atoms with van der Waals surface area (Å²) in [5.74, 6) is 0.